The first-order valence-electron chi connectivity index (χ1n) is 5.94. The summed E-state index contributed by atoms with van der Waals surface area (Å²) in [5.41, 5.74) is 5.75. The Morgan fingerprint density at radius 1 is 1.44 bits per heavy atom. The van der Waals surface area contributed by atoms with E-state index >= 15 is 0 Å². The van der Waals surface area contributed by atoms with Crippen molar-refractivity contribution in [2.24, 2.45) is 11.7 Å². The van der Waals surface area contributed by atoms with Crippen molar-refractivity contribution in [1.29, 1.82) is 0 Å². The fourth-order valence-corrected chi connectivity index (χ4v) is 2.56. The summed E-state index contributed by atoms with van der Waals surface area (Å²) in [5.74, 6) is 2.59. The summed E-state index contributed by atoms with van der Waals surface area (Å²) in [4.78, 5) is 14.0. The van der Waals surface area contributed by atoms with Gasteiger partial charge < -0.3 is 11.1 Å². The van der Waals surface area contributed by atoms with Crippen LogP contribution in [0.4, 0.5) is 0 Å². The summed E-state index contributed by atoms with van der Waals surface area (Å²) in [5, 5.41) is 2.90. The van der Waals surface area contributed by atoms with E-state index in [9.17, 15) is 4.79 Å². The maximum atomic E-state index is 11.6. The van der Waals surface area contributed by atoms with Crippen molar-refractivity contribution in [2.45, 2.75) is 19.9 Å². The van der Waals surface area contributed by atoms with Crippen molar-refractivity contribution in [3.8, 4) is 0 Å². The highest BCUT2D eigenvalue weighted by Gasteiger charge is 2.17. The quantitative estimate of drug-likeness (QED) is 0.723. The highest BCUT2D eigenvalue weighted by atomic mass is 32.2. The fraction of sp³-hybridized carbons (Fsp3) is 0.909. The van der Waals surface area contributed by atoms with Gasteiger partial charge in [0.2, 0.25) is 5.91 Å². The summed E-state index contributed by atoms with van der Waals surface area (Å²) >= 11 is 2.00. The zero-order valence-electron chi connectivity index (χ0n) is 10.2. The third-order valence-corrected chi connectivity index (χ3v) is 3.79. The maximum absolute atomic E-state index is 11.6. The van der Waals surface area contributed by atoms with Gasteiger partial charge in [-0.1, -0.05) is 13.8 Å². The van der Waals surface area contributed by atoms with Crippen LogP contribution >= 0.6 is 11.8 Å². The lowest BCUT2D eigenvalue weighted by Gasteiger charge is -2.26. The molecule has 16 heavy (non-hydrogen) atoms. The standard InChI is InChI=1S/C11H23N3OS/c1-9(2)10(12)11(15)13-3-4-14-5-7-16-8-6-14/h9-10H,3-8,12H2,1-2H3,(H,13,15)/t10-/m1/s1. The number of hydrogen-bond acceptors (Lipinski definition) is 4. The minimum absolute atomic E-state index is 0.0265. The molecule has 4 nitrogen and oxygen atoms in total. The fourth-order valence-electron chi connectivity index (χ4n) is 1.58. The molecule has 0 saturated carbocycles. The van der Waals surface area contributed by atoms with Crippen molar-refractivity contribution < 1.29 is 4.79 Å². The highest BCUT2D eigenvalue weighted by Crippen LogP contribution is 2.07. The predicted octanol–water partition coefficient (Wildman–Crippen LogP) is 0.135. The van der Waals surface area contributed by atoms with Gasteiger partial charge in [-0.2, -0.15) is 11.8 Å². The highest BCUT2D eigenvalue weighted by molar-refractivity contribution is 7.99. The van der Waals surface area contributed by atoms with Gasteiger partial charge in [0.05, 0.1) is 6.04 Å². The first-order valence-corrected chi connectivity index (χ1v) is 7.10. The Balaban J connectivity index is 2.12. The van der Waals surface area contributed by atoms with Crippen molar-refractivity contribution in [3.63, 3.8) is 0 Å². The summed E-state index contributed by atoms with van der Waals surface area (Å²) < 4.78 is 0. The molecule has 1 rings (SSSR count). The average molecular weight is 245 g/mol. The molecule has 1 aliphatic rings. The van der Waals surface area contributed by atoms with Crippen LogP contribution in [0.15, 0.2) is 0 Å². The van der Waals surface area contributed by atoms with E-state index in [1.165, 1.54) is 11.5 Å². The van der Waals surface area contributed by atoms with Gasteiger partial charge >= 0.3 is 0 Å². The molecule has 0 bridgehead atoms. The molecule has 0 unspecified atom stereocenters. The molecule has 3 N–H and O–H groups in total. The summed E-state index contributed by atoms with van der Waals surface area (Å²) in [6.45, 7) is 7.85. The van der Waals surface area contributed by atoms with E-state index in [0.717, 1.165) is 19.6 Å². The topological polar surface area (TPSA) is 58.4 Å². The maximum Gasteiger partial charge on any atom is 0.237 e. The summed E-state index contributed by atoms with van der Waals surface area (Å²) in [6, 6.07) is -0.378. The zero-order chi connectivity index (χ0) is 12.0. The van der Waals surface area contributed by atoms with Crippen molar-refractivity contribution in [3.05, 3.63) is 0 Å². The second-order valence-electron chi connectivity index (χ2n) is 4.51. The van der Waals surface area contributed by atoms with Crippen LogP contribution in [0.25, 0.3) is 0 Å². The third kappa shape index (κ3) is 4.72. The number of carbonyl (C=O) groups excluding carboxylic acids is 1. The Morgan fingerprint density at radius 3 is 2.62 bits per heavy atom. The molecule has 0 aromatic heterocycles. The van der Waals surface area contributed by atoms with Gasteiger partial charge in [0.1, 0.15) is 0 Å². The van der Waals surface area contributed by atoms with Gasteiger partial charge in [-0.05, 0) is 5.92 Å². The second kappa shape index (κ2) is 7.14. The van der Waals surface area contributed by atoms with Crippen LogP contribution in [-0.4, -0.2) is 54.5 Å². The number of nitrogens with one attached hydrogen (secondary N) is 1. The Kier molecular flexibility index (Phi) is 6.16. The lowest BCUT2D eigenvalue weighted by Crippen LogP contribution is -2.46. The van der Waals surface area contributed by atoms with Crippen molar-refractivity contribution in [1.82, 2.24) is 10.2 Å². The normalized spacial score (nSPS) is 19.8. The van der Waals surface area contributed by atoms with Crippen LogP contribution in [0, 0.1) is 5.92 Å². The molecule has 0 aliphatic carbocycles. The van der Waals surface area contributed by atoms with Crippen molar-refractivity contribution >= 4 is 17.7 Å². The Bertz CT molecular complexity index is 217. The van der Waals surface area contributed by atoms with Crippen LogP contribution in [0.3, 0.4) is 0 Å². The largest absolute Gasteiger partial charge is 0.353 e. The molecule has 1 atom stereocenters. The van der Waals surface area contributed by atoms with E-state index in [2.05, 4.69) is 10.2 Å². The number of thioether (sulfide) groups is 1. The van der Waals surface area contributed by atoms with Gasteiger partial charge in [-0.15, -0.1) is 0 Å². The number of nitrogens with zero attached hydrogens (tertiary/aromatic N) is 1. The molecular formula is C11H23N3OS. The number of rotatable bonds is 5. The molecule has 1 aliphatic heterocycles. The lowest BCUT2D eigenvalue weighted by molar-refractivity contribution is -0.123. The lowest BCUT2D eigenvalue weighted by atomic mass is 10.1. The molecule has 1 fully saturated rings. The molecular weight excluding hydrogens is 222 g/mol. The minimum atomic E-state index is -0.378. The molecule has 1 saturated heterocycles. The number of amides is 1. The van der Waals surface area contributed by atoms with E-state index in [-0.39, 0.29) is 17.9 Å². The van der Waals surface area contributed by atoms with Gasteiger partial charge in [-0.25, -0.2) is 0 Å². The van der Waals surface area contributed by atoms with Crippen LogP contribution in [-0.2, 0) is 4.79 Å². The molecule has 0 radical (unpaired) electrons. The minimum Gasteiger partial charge on any atom is -0.353 e. The first-order chi connectivity index (χ1) is 7.61. The molecule has 94 valence electrons. The summed E-state index contributed by atoms with van der Waals surface area (Å²) in [7, 11) is 0. The zero-order valence-corrected chi connectivity index (χ0v) is 11.1. The van der Waals surface area contributed by atoms with E-state index in [4.69, 9.17) is 5.73 Å². The van der Waals surface area contributed by atoms with E-state index in [0.29, 0.717) is 6.54 Å². The van der Waals surface area contributed by atoms with Gasteiger partial charge in [0, 0.05) is 37.7 Å². The Labute approximate surface area is 102 Å². The smallest absolute Gasteiger partial charge is 0.237 e. The van der Waals surface area contributed by atoms with E-state index in [1.807, 2.05) is 25.6 Å². The van der Waals surface area contributed by atoms with Crippen molar-refractivity contribution in [2.75, 3.05) is 37.7 Å². The Hall–Kier alpha value is -0.260. The van der Waals surface area contributed by atoms with Crippen LogP contribution < -0.4 is 11.1 Å². The number of hydrogen-bond donors (Lipinski definition) is 2. The average Bonchev–Trinajstić information content (AvgIpc) is 2.29. The SMILES string of the molecule is CC(C)[C@@H](N)C(=O)NCCN1CCSCC1. The predicted molar refractivity (Wildman–Crippen MR) is 69.6 cm³/mol. The molecule has 0 aromatic carbocycles. The number of carbonyl (C=O) groups is 1. The molecule has 1 heterocycles. The second-order valence-corrected chi connectivity index (χ2v) is 5.74. The Morgan fingerprint density at radius 2 is 2.06 bits per heavy atom. The van der Waals surface area contributed by atoms with E-state index in [1.54, 1.807) is 0 Å². The molecule has 0 spiro atoms. The van der Waals surface area contributed by atoms with Gasteiger partial charge in [0.15, 0.2) is 0 Å². The number of nitrogens with two attached hydrogens (primary N) is 1. The van der Waals surface area contributed by atoms with E-state index < -0.39 is 0 Å². The summed E-state index contributed by atoms with van der Waals surface area (Å²) in [6.07, 6.45) is 0. The third-order valence-electron chi connectivity index (χ3n) is 2.85. The first kappa shape index (κ1) is 13.8. The molecule has 1 amide bonds. The monoisotopic (exact) mass is 245 g/mol. The molecule has 0 aromatic rings. The van der Waals surface area contributed by atoms with Gasteiger partial charge in [0.25, 0.3) is 0 Å². The molecule has 5 heteroatoms. The van der Waals surface area contributed by atoms with Crippen LogP contribution in [0.1, 0.15) is 13.8 Å². The van der Waals surface area contributed by atoms with Crippen LogP contribution in [0.5, 0.6) is 0 Å². The van der Waals surface area contributed by atoms with Gasteiger partial charge in [-0.3, -0.25) is 9.69 Å². The van der Waals surface area contributed by atoms with Crippen LogP contribution in [0.2, 0.25) is 0 Å².